The van der Waals surface area contributed by atoms with Gasteiger partial charge in [0, 0.05) is 0 Å². The molecular weight excluding hydrogens is 537 g/mol. The lowest BCUT2D eigenvalue weighted by atomic mass is 10.4. The number of aliphatic hydroxyl groups excluding tert-OH is 7. The zero-order valence-electron chi connectivity index (χ0n) is 18.1. The molecule has 2 atom stereocenters. The Labute approximate surface area is 198 Å². The van der Waals surface area contributed by atoms with Gasteiger partial charge in [0.2, 0.25) is 0 Å². The molecule has 0 aromatic rings. The highest BCUT2D eigenvalue weighted by atomic mass is 31.2. The Kier molecular flexibility index (Phi) is 40.4. The third-order valence-corrected chi connectivity index (χ3v) is 3.10. The maximum absolute atomic E-state index is 10.1. The summed E-state index contributed by atoms with van der Waals surface area (Å²) in [4.78, 5) is 42.4. The molecule has 0 aliphatic heterocycles. The zero-order chi connectivity index (χ0) is 26.4. The molecule has 0 bridgehead atoms. The second-order valence-electron chi connectivity index (χ2n) is 5.33. The van der Waals surface area contributed by atoms with Gasteiger partial charge in [-0.2, -0.15) is 9.90 Å². The van der Waals surface area contributed by atoms with E-state index in [0.29, 0.717) is 0 Å². The van der Waals surface area contributed by atoms with Gasteiger partial charge < -0.3 is 72.3 Å². The van der Waals surface area contributed by atoms with E-state index in [1.165, 1.54) is 0 Å². The molecule has 0 amide bonds. The largest absolute Gasteiger partial charge is 0.470 e. The van der Waals surface area contributed by atoms with Crippen LogP contribution in [0.5, 0.6) is 0 Å². The molecule has 0 aliphatic rings. The van der Waals surface area contributed by atoms with Gasteiger partial charge in [-0.25, -0.2) is 9.13 Å². The van der Waals surface area contributed by atoms with E-state index in [0.717, 1.165) is 0 Å². The average molecular weight is 576 g/mol. The SMILES string of the molecule is NC(CO)CO.NC(CO)COP(=O)(O)O.O.O=C(CO)COP(=O)(O)O.OCC(O)CO.P. The summed E-state index contributed by atoms with van der Waals surface area (Å²) in [6.45, 7) is -3.26. The number of rotatable bonds is 12. The molecule has 214 valence electrons. The van der Waals surface area contributed by atoms with Crippen molar-refractivity contribution in [2.24, 2.45) is 11.5 Å². The smallest absolute Gasteiger partial charge is 0.412 e. The van der Waals surface area contributed by atoms with Gasteiger partial charge in [0.15, 0.2) is 5.78 Å². The van der Waals surface area contributed by atoms with Gasteiger partial charge in [0.25, 0.3) is 0 Å². The number of Topliss-reactive ketones (excluding diaryl/α,β-unsaturated/α-hetero) is 1. The third-order valence-electron chi connectivity index (χ3n) is 2.15. The van der Waals surface area contributed by atoms with Crippen molar-refractivity contribution >= 4 is 31.3 Å². The summed E-state index contributed by atoms with van der Waals surface area (Å²) < 4.78 is 27.6. The van der Waals surface area contributed by atoms with Gasteiger partial charge >= 0.3 is 15.6 Å². The van der Waals surface area contributed by atoms with E-state index in [1.807, 2.05) is 0 Å². The molecule has 0 aromatic carbocycles. The van der Waals surface area contributed by atoms with Gasteiger partial charge in [-0.05, 0) is 0 Å². The highest BCUT2D eigenvalue weighted by Gasteiger charge is 2.15. The standard InChI is InChI=1S/C3H10NO5P.C3H9NO2.C3H7O6P.C3H8O3.H2O.H3P/c4-3(1-5)2-9-10(6,7)8;4-3(1-5)2-6;4-1-3(5)2-9-10(6,7)8;4-1-3(6)2-5;;/h3,5H,1-2,4H2,(H2,6,7,8);3,5-6H,1-2,4H2;4H,1-2H2,(H2,6,7,8);3-6H,1-2H2;1H2;1H3. The molecule has 0 aromatic heterocycles. The van der Waals surface area contributed by atoms with Crippen molar-refractivity contribution in [1.82, 2.24) is 0 Å². The van der Waals surface area contributed by atoms with Crippen LogP contribution in [-0.2, 0) is 23.0 Å². The van der Waals surface area contributed by atoms with Crippen LogP contribution in [0.3, 0.4) is 0 Å². The number of ketones is 1. The van der Waals surface area contributed by atoms with Crippen LogP contribution in [-0.4, -0.2) is 138 Å². The van der Waals surface area contributed by atoms with Crippen LogP contribution in [0.2, 0.25) is 0 Å². The molecule has 0 fully saturated rings. The molecule has 0 radical (unpaired) electrons. The minimum atomic E-state index is -4.56. The highest BCUT2D eigenvalue weighted by molar-refractivity contribution is 7.46. The van der Waals surface area contributed by atoms with E-state index >= 15 is 0 Å². The van der Waals surface area contributed by atoms with Gasteiger partial charge in [-0.3, -0.25) is 13.8 Å². The molecule has 22 heteroatoms. The van der Waals surface area contributed by atoms with Crippen molar-refractivity contribution in [2.75, 3.05) is 52.9 Å². The summed E-state index contributed by atoms with van der Waals surface area (Å²) >= 11 is 0. The van der Waals surface area contributed by atoms with Gasteiger partial charge in [-0.1, -0.05) is 0 Å². The quantitative estimate of drug-likeness (QED) is 0.0959. The van der Waals surface area contributed by atoms with E-state index in [2.05, 4.69) is 9.05 Å². The van der Waals surface area contributed by atoms with E-state index in [9.17, 15) is 13.9 Å². The third kappa shape index (κ3) is 53.3. The van der Waals surface area contributed by atoms with Crippen LogP contribution in [0.25, 0.3) is 0 Å². The number of carbonyl (C=O) groups excluding carboxylic acids is 1. The summed E-state index contributed by atoms with van der Waals surface area (Å²) in [7, 11) is -8.99. The molecule has 0 rings (SSSR count). The first-order valence-electron chi connectivity index (χ1n) is 8.29. The monoisotopic (exact) mass is 576 g/mol. The van der Waals surface area contributed by atoms with E-state index in [-0.39, 0.29) is 55.0 Å². The molecular formula is C12H39N2O17P3. The van der Waals surface area contributed by atoms with Gasteiger partial charge in [0.1, 0.15) is 19.3 Å². The van der Waals surface area contributed by atoms with Crippen molar-refractivity contribution in [1.29, 1.82) is 0 Å². The summed E-state index contributed by atoms with van der Waals surface area (Å²) in [5.74, 6) is -0.775. The van der Waals surface area contributed by atoms with Crippen molar-refractivity contribution in [2.45, 2.75) is 18.2 Å². The Morgan fingerprint density at radius 1 is 0.735 bits per heavy atom. The molecule has 17 N–H and O–H groups in total. The minimum absolute atomic E-state index is 0. The molecule has 19 nitrogen and oxygen atoms in total. The van der Waals surface area contributed by atoms with Crippen LogP contribution in [0.4, 0.5) is 0 Å². The number of phosphoric acid groups is 2. The summed E-state index contributed by atoms with van der Waals surface area (Å²) in [6.07, 6.45) is -0.954. The summed E-state index contributed by atoms with van der Waals surface area (Å²) in [5.41, 5.74) is 10.0. The maximum Gasteiger partial charge on any atom is 0.470 e. The lowest BCUT2D eigenvalue weighted by Gasteiger charge is -2.08. The highest BCUT2D eigenvalue weighted by Crippen LogP contribution is 2.35. The normalized spacial score (nSPS) is 11.4. The molecule has 0 saturated heterocycles. The fraction of sp³-hybridized carbons (Fsp3) is 0.917. The van der Waals surface area contributed by atoms with Crippen LogP contribution >= 0.6 is 25.5 Å². The first-order valence-corrected chi connectivity index (χ1v) is 11.4. The summed E-state index contributed by atoms with van der Waals surface area (Å²) in [5, 5.41) is 56.4. The molecule has 0 spiro atoms. The van der Waals surface area contributed by atoms with Crippen LogP contribution in [0.1, 0.15) is 0 Å². The predicted molar refractivity (Wildman–Crippen MR) is 120 cm³/mol. The first-order chi connectivity index (χ1) is 14.5. The van der Waals surface area contributed by atoms with E-state index in [1.54, 1.807) is 0 Å². The van der Waals surface area contributed by atoms with Gasteiger partial charge in [-0.15, -0.1) is 0 Å². The van der Waals surface area contributed by atoms with Crippen molar-refractivity contribution < 1.29 is 83.8 Å². The van der Waals surface area contributed by atoms with Crippen LogP contribution < -0.4 is 11.5 Å². The lowest BCUT2D eigenvalue weighted by Crippen LogP contribution is -2.29. The maximum atomic E-state index is 10.1. The van der Waals surface area contributed by atoms with Crippen molar-refractivity contribution in [3.05, 3.63) is 0 Å². The molecule has 0 heterocycles. The average Bonchev–Trinajstić information content (AvgIpc) is 2.74. The van der Waals surface area contributed by atoms with Gasteiger partial charge in [0.05, 0.1) is 51.7 Å². The zero-order valence-corrected chi connectivity index (χ0v) is 21.3. The predicted octanol–water partition coefficient (Wildman–Crippen LogP) is -7.06. The number of hydrogen-bond acceptors (Lipinski definition) is 14. The van der Waals surface area contributed by atoms with Crippen LogP contribution in [0, 0.1) is 0 Å². The second-order valence-corrected chi connectivity index (χ2v) is 7.81. The number of phosphoric ester groups is 2. The van der Waals surface area contributed by atoms with Crippen LogP contribution in [0.15, 0.2) is 0 Å². The number of hydrogen-bond donors (Lipinski definition) is 13. The van der Waals surface area contributed by atoms with Crippen molar-refractivity contribution in [3.63, 3.8) is 0 Å². The molecule has 0 aliphatic carbocycles. The fourth-order valence-corrected chi connectivity index (χ4v) is 1.26. The number of carbonyl (C=O) groups is 1. The Hall–Kier alpha value is -0.0800. The Morgan fingerprint density at radius 3 is 1.26 bits per heavy atom. The molecule has 0 saturated carbocycles. The number of aliphatic hydroxyl groups is 7. The Morgan fingerprint density at radius 2 is 1.09 bits per heavy atom. The van der Waals surface area contributed by atoms with E-state index < -0.39 is 52.8 Å². The Balaban J connectivity index is -0.0000000775. The Bertz CT molecular complexity index is 502. The summed E-state index contributed by atoms with van der Waals surface area (Å²) in [6, 6.07) is -1.20. The van der Waals surface area contributed by atoms with Crippen molar-refractivity contribution in [3.8, 4) is 0 Å². The second kappa shape index (κ2) is 29.2. The minimum Gasteiger partial charge on any atom is -0.412 e. The fourth-order valence-electron chi connectivity index (χ4n) is 0.563. The number of nitrogens with two attached hydrogens (primary N) is 2. The topological polar surface area (TPSA) is 376 Å². The molecule has 34 heavy (non-hydrogen) atoms. The lowest BCUT2D eigenvalue weighted by molar-refractivity contribution is -0.124. The first kappa shape index (κ1) is 47.2. The van der Waals surface area contributed by atoms with E-state index in [4.69, 9.17) is 66.8 Å². The molecule has 2 unspecified atom stereocenters.